The van der Waals surface area contributed by atoms with E-state index in [1.165, 1.54) is 18.6 Å². The van der Waals surface area contributed by atoms with E-state index in [4.69, 9.17) is 9.72 Å². The van der Waals surface area contributed by atoms with Crippen molar-refractivity contribution in [3.63, 3.8) is 0 Å². The molecule has 2 amide bonds. The van der Waals surface area contributed by atoms with Crippen LogP contribution in [0.4, 0.5) is 22.2 Å². The fourth-order valence-electron chi connectivity index (χ4n) is 3.50. The van der Waals surface area contributed by atoms with Crippen LogP contribution in [0, 0.1) is 0 Å². The summed E-state index contributed by atoms with van der Waals surface area (Å²) >= 11 is 0. The molecule has 0 bridgehead atoms. The number of aromatic nitrogens is 4. The van der Waals surface area contributed by atoms with Gasteiger partial charge < -0.3 is 15.0 Å². The van der Waals surface area contributed by atoms with Crippen molar-refractivity contribution in [2.45, 2.75) is 18.7 Å². The summed E-state index contributed by atoms with van der Waals surface area (Å²) < 4.78 is 29.4. The molecule has 178 valence electrons. The molecular weight excluding hydrogens is 458 g/mol. The molecule has 1 saturated heterocycles. The molecule has 11 nitrogen and oxygen atoms in total. The lowest BCUT2D eigenvalue weighted by molar-refractivity contribution is 0.0985. The summed E-state index contributed by atoms with van der Waals surface area (Å²) in [6.07, 6.45) is 4.24. The van der Waals surface area contributed by atoms with Crippen LogP contribution < -0.4 is 15.5 Å². The summed E-state index contributed by atoms with van der Waals surface area (Å²) in [5.74, 6) is 1.07. The molecule has 1 atom stereocenters. The minimum Gasteiger partial charge on any atom is -0.377 e. The van der Waals surface area contributed by atoms with Crippen LogP contribution in [0.15, 0.2) is 48.8 Å². The number of carbonyl (C=O) groups excluding carboxylic acids is 1. The molecule has 0 spiro atoms. The lowest BCUT2D eigenvalue weighted by atomic mass is 10.2. The van der Waals surface area contributed by atoms with Gasteiger partial charge in [0.1, 0.15) is 5.82 Å². The highest BCUT2D eigenvalue weighted by molar-refractivity contribution is 7.89. The zero-order valence-electron chi connectivity index (χ0n) is 18.8. The Bertz CT molecular complexity index is 1250. The second-order valence-electron chi connectivity index (χ2n) is 7.96. The molecule has 3 aromatic rings. The number of amides is 2. The first-order valence-electron chi connectivity index (χ1n) is 10.6. The summed E-state index contributed by atoms with van der Waals surface area (Å²) in [6.45, 7) is 3.82. The van der Waals surface area contributed by atoms with E-state index in [9.17, 15) is 13.2 Å². The van der Waals surface area contributed by atoms with Crippen LogP contribution in [0.3, 0.4) is 0 Å². The van der Waals surface area contributed by atoms with Gasteiger partial charge in [0.2, 0.25) is 5.95 Å². The van der Waals surface area contributed by atoms with Crippen molar-refractivity contribution in [3.05, 3.63) is 54.5 Å². The number of urea groups is 1. The number of nitrogens with zero attached hydrogens (tertiary/aromatic N) is 5. The van der Waals surface area contributed by atoms with Crippen molar-refractivity contribution < 1.29 is 17.9 Å². The van der Waals surface area contributed by atoms with Crippen LogP contribution in [-0.4, -0.2) is 66.4 Å². The Kier molecular flexibility index (Phi) is 6.98. The van der Waals surface area contributed by atoms with Crippen molar-refractivity contribution >= 4 is 33.3 Å². The van der Waals surface area contributed by atoms with Gasteiger partial charge in [0, 0.05) is 42.5 Å². The molecule has 2 N–H and O–H groups in total. The Labute approximate surface area is 197 Å². The first-order chi connectivity index (χ1) is 16.3. The number of sulfone groups is 1. The van der Waals surface area contributed by atoms with E-state index >= 15 is 0 Å². The van der Waals surface area contributed by atoms with E-state index in [1.54, 1.807) is 36.4 Å². The number of benzene rings is 1. The molecular formula is C22H25N7O4S. The Morgan fingerprint density at radius 2 is 1.88 bits per heavy atom. The van der Waals surface area contributed by atoms with Crippen LogP contribution in [0.2, 0.25) is 0 Å². The maximum atomic E-state index is 12.2. The Balaban J connectivity index is 1.56. The first-order valence-corrected chi connectivity index (χ1v) is 12.7. The third-order valence-electron chi connectivity index (χ3n) is 5.03. The topological polar surface area (TPSA) is 139 Å². The molecule has 1 fully saturated rings. The molecule has 3 heterocycles. The quantitative estimate of drug-likeness (QED) is 0.541. The van der Waals surface area contributed by atoms with Gasteiger partial charge in [0.15, 0.2) is 15.7 Å². The highest BCUT2D eigenvalue weighted by atomic mass is 32.2. The van der Waals surface area contributed by atoms with E-state index in [1.807, 2.05) is 6.92 Å². The molecule has 0 aliphatic carbocycles. The smallest absolute Gasteiger partial charge is 0.326 e. The first kappa shape index (κ1) is 23.5. The fraction of sp³-hybridized carbons (Fsp3) is 0.318. The Morgan fingerprint density at radius 3 is 2.56 bits per heavy atom. The Morgan fingerprint density at radius 1 is 1.15 bits per heavy atom. The van der Waals surface area contributed by atoms with Crippen molar-refractivity contribution in [2.24, 2.45) is 0 Å². The average Bonchev–Trinajstić information content (AvgIpc) is 2.79. The predicted molar refractivity (Wildman–Crippen MR) is 128 cm³/mol. The molecule has 1 aliphatic heterocycles. The maximum Gasteiger partial charge on any atom is 0.326 e. The van der Waals surface area contributed by atoms with E-state index in [2.05, 4.69) is 30.5 Å². The van der Waals surface area contributed by atoms with Crippen LogP contribution in [0.5, 0.6) is 0 Å². The zero-order chi connectivity index (χ0) is 24.1. The molecule has 0 saturated carbocycles. The lowest BCUT2D eigenvalue weighted by Gasteiger charge is -2.34. The number of nitrogens with one attached hydrogen (secondary N) is 2. The SMILES string of the molecule is C[C@H]1COCCN1c1cc(CS(C)(=O)=O)nc(-c2ccc(NC(=O)Nc3ncccn3)cc2)n1. The molecule has 34 heavy (non-hydrogen) atoms. The Hall–Kier alpha value is -3.64. The number of hydrogen-bond donors (Lipinski definition) is 2. The van der Waals surface area contributed by atoms with Gasteiger partial charge in [-0.3, -0.25) is 5.32 Å². The summed E-state index contributed by atoms with van der Waals surface area (Å²) in [6, 6.07) is 9.95. The average molecular weight is 484 g/mol. The summed E-state index contributed by atoms with van der Waals surface area (Å²) in [5, 5.41) is 5.25. The third-order valence-corrected chi connectivity index (χ3v) is 5.85. The van der Waals surface area contributed by atoms with Crippen molar-refractivity contribution in [2.75, 3.05) is 41.5 Å². The minimum absolute atomic E-state index is 0.0984. The van der Waals surface area contributed by atoms with Gasteiger partial charge >= 0.3 is 6.03 Å². The van der Waals surface area contributed by atoms with Crippen LogP contribution in [-0.2, 0) is 20.3 Å². The summed E-state index contributed by atoms with van der Waals surface area (Å²) in [7, 11) is -3.28. The zero-order valence-corrected chi connectivity index (χ0v) is 19.6. The number of carbonyl (C=O) groups is 1. The van der Waals surface area contributed by atoms with Crippen LogP contribution in [0.1, 0.15) is 12.6 Å². The summed E-state index contributed by atoms with van der Waals surface area (Å²) in [4.78, 5) is 31.3. The molecule has 1 aromatic carbocycles. The number of hydrogen-bond acceptors (Lipinski definition) is 9. The molecule has 4 rings (SSSR count). The third kappa shape index (κ3) is 6.23. The van der Waals surface area contributed by atoms with Gasteiger partial charge in [-0.05, 0) is 37.3 Å². The highest BCUT2D eigenvalue weighted by Crippen LogP contribution is 2.25. The maximum absolute atomic E-state index is 12.2. The molecule has 1 aliphatic rings. The van der Waals surface area contributed by atoms with Gasteiger partial charge in [0.05, 0.1) is 30.7 Å². The van der Waals surface area contributed by atoms with E-state index < -0.39 is 15.9 Å². The minimum atomic E-state index is -3.28. The van der Waals surface area contributed by atoms with Gasteiger partial charge in [0.25, 0.3) is 0 Å². The normalized spacial score (nSPS) is 16.2. The number of ether oxygens (including phenoxy) is 1. The number of morpholine rings is 1. The highest BCUT2D eigenvalue weighted by Gasteiger charge is 2.22. The van der Waals surface area contributed by atoms with E-state index in [0.717, 1.165) is 0 Å². The van der Waals surface area contributed by atoms with Crippen LogP contribution in [0.25, 0.3) is 11.4 Å². The van der Waals surface area contributed by atoms with E-state index in [-0.39, 0.29) is 17.7 Å². The second kappa shape index (κ2) is 10.1. The fourth-order valence-corrected chi connectivity index (χ4v) is 4.18. The van der Waals surface area contributed by atoms with Gasteiger partial charge in [-0.25, -0.2) is 33.1 Å². The predicted octanol–water partition coefficient (Wildman–Crippen LogP) is 2.35. The molecule has 12 heteroatoms. The second-order valence-corrected chi connectivity index (χ2v) is 10.1. The molecule has 2 aromatic heterocycles. The van der Waals surface area contributed by atoms with Crippen molar-refractivity contribution in [3.8, 4) is 11.4 Å². The number of anilines is 3. The van der Waals surface area contributed by atoms with Crippen molar-refractivity contribution in [1.82, 2.24) is 19.9 Å². The molecule has 0 radical (unpaired) electrons. The lowest BCUT2D eigenvalue weighted by Crippen LogP contribution is -2.44. The standard InChI is InChI=1S/C22H25N7O4S/c1-15-13-33-11-10-29(15)19-12-18(14-34(2,31)32)25-20(27-19)16-4-6-17(7-5-16)26-22(30)28-21-23-8-3-9-24-21/h3-9,12,15H,10-11,13-14H2,1-2H3,(H2,23,24,26,28,30)/t15-/m0/s1. The van der Waals surface area contributed by atoms with Gasteiger partial charge in [-0.1, -0.05) is 0 Å². The van der Waals surface area contributed by atoms with Crippen molar-refractivity contribution in [1.29, 1.82) is 0 Å². The van der Waals surface area contributed by atoms with E-state index in [0.29, 0.717) is 48.3 Å². The monoisotopic (exact) mass is 483 g/mol. The summed E-state index contributed by atoms with van der Waals surface area (Å²) in [5.41, 5.74) is 1.66. The van der Waals surface area contributed by atoms with Gasteiger partial charge in [-0.2, -0.15) is 0 Å². The largest absolute Gasteiger partial charge is 0.377 e. The number of rotatable bonds is 6. The van der Waals surface area contributed by atoms with Gasteiger partial charge in [-0.15, -0.1) is 0 Å². The van der Waals surface area contributed by atoms with Crippen LogP contribution >= 0.6 is 0 Å². The molecule has 0 unspecified atom stereocenters.